The summed E-state index contributed by atoms with van der Waals surface area (Å²) in [5, 5.41) is 4.28. The maximum Gasteiger partial charge on any atom is 0.122 e. The topological polar surface area (TPSA) is 39.7 Å². The molecule has 0 bridgehead atoms. The maximum atomic E-state index is 6.12. The van der Waals surface area contributed by atoms with Crippen molar-refractivity contribution in [2.75, 3.05) is 33.5 Å². The molecule has 0 aliphatic carbocycles. The van der Waals surface area contributed by atoms with Gasteiger partial charge in [-0.1, -0.05) is 18.5 Å². The lowest BCUT2D eigenvalue weighted by Gasteiger charge is -2.31. The van der Waals surface area contributed by atoms with E-state index in [0.29, 0.717) is 19.8 Å². The predicted octanol–water partition coefficient (Wildman–Crippen LogP) is 2.67. The molecule has 2 atom stereocenters. The Kier molecular flexibility index (Phi) is 6.77. The van der Waals surface area contributed by atoms with Crippen LogP contribution < -0.4 is 10.1 Å². The third-order valence-corrected chi connectivity index (χ3v) is 3.86. The van der Waals surface area contributed by atoms with E-state index < -0.39 is 0 Å². The van der Waals surface area contributed by atoms with Crippen LogP contribution in [0, 0.1) is 0 Å². The van der Waals surface area contributed by atoms with E-state index in [1.807, 2.05) is 18.2 Å². The van der Waals surface area contributed by atoms with E-state index in [4.69, 9.17) is 25.8 Å². The second-order valence-electron chi connectivity index (χ2n) is 5.21. The monoisotopic (exact) mass is 313 g/mol. The van der Waals surface area contributed by atoms with Crippen LogP contribution in [0.15, 0.2) is 18.2 Å². The Morgan fingerprint density at radius 3 is 2.95 bits per heavy atom. The van der Waals surface area contributed by atoms with Crippen LogP contribution >= 0.6 is 11.6 Å². The molecule has 1 saturated heterocycles. The van der Waals surface area contributed by atoms with E-state index in [9.17, 15) is 0 Å². The van der Waals surface area contributed by atoms with Crippen molar-refractivity contribution in [1.82, 2.24) is 5.32 Å². The molecule has 0 amide bonds. The van der Waals surface area contributed by atoms with Gasteiger partial charge in [-0.25, -0.2) is 0 Å². The number of benzene rings is 1. The molecule has 0 radical (unpaired) electrons. The number of halogens is 1. The minimum Gasteiger partial charge on any atom is -0.496 e. The fourth-order valence-corrected chi connectivity index (χ4v) is 2.74. The number of hydrogen-bond donors (Lipinski definition) is 1. The minimum atomic E-state index is 0.0639. The summed E-state index contributed by atoms with van der Waals surface area (Å²) in [5.41, 5.74) is 1.09. The van der Waals surface area contributed by atoms with Crippen LogP contribution in [-0.4, -0.2) is 45.6 Å². The lowest BCUT2D eigenvalue weighted by Crippen LogP contribution is -2.48. The SMILES string of the molecule is CCCNC(Cc1cc(Cl)ccc1OC)C1COCCO1. The molecule has 2 unspecified atom stereocenters. The normalized spacial score (nSPS) is 20.2. The molecule has 1 aromatic carbocycles. The van der Waals surface area contributed by atoms with Gasteiger partial charge in [0.05, 0.1) is 33.0 Å². The molecule has 1 aromatic rings. The van der Waals surface area contributed by atoms with Crippen LogP contribution in [0.4, 0.5) is 0 Å². The quantitative estimate of drug-likeness (QED) is 0.840. The molecule has 21 heavy (non-hydrogen) atoms. The van der Waals surface area contributed by atoms with Crippen LogP contribution in [0.1, 0.15) is 18.9 Å². The Balaban J connectivity index is 2.11. The Bertz CT molecular complexity index is 436. The molecular formula is C16H24ClNO3. The summed E-state index contributed by atoms with van der Waals surface area (Å²) in [6.45, 7) is 5.07. The number of hydrogen-bond acceptors (Lipinski definition) is 4. The lowest BCUT2D eigenvalue weighted by molar-refractivity contribution is -0.101. The van der Waals surface area contributed by atoms with Gasteiger partial charge in [-0.2, -0.15) is 0 Å². The highest BCUT2D eigenvalue weighted by molar-refractivity contribution is 6.30. The standard InChI is InChI=1S/C16H24ClNO3/c1-3-6-18-14(16-11-20-7-8-21-16)10-12-9-13(17)4-5-15(12)19-2/h4-5,9,14,16,18H,3,6-8,10-11H2,1-2H3. The Morgan fingerprint density at radius 1 is 1.43 bits per heavy atom. The molecule has 1 N–H and O–H groups in total. The molecule has 0 spiro atoms. The maximum absolute atomic E-state index is 6.12. The van der Waals surface area contributed by atoms with E-state index in [0.717, 1.165) is 35.7 Å². The molecule has 4 nitrogen and oxygen atoms in total. The first-order valence-electron chi connectivity index (χ1n) is 7.49. The smallest absolute Gasteiger partial charge is 0.122 e. The van der Waals surface area contributed by atoms with Gasteiger partial charge < -0.3 is 19.5 Å². The summed E-state index contributed by atoms with van der Waals surface area (Å²) >= 11 is 6.12. The zero-order valence-electron chi connectivity index (χ0n) is 12.7. The zero-order valence-corrected chi connectivity index (χ0v) is 13.5. The van der Waals surface area contributed by atoms with Crippen molar-refractivity contribution in [3.63, 3.8) is 0 Å². The molecule has 1 fully saturated rings. The zero-order chi connectivity index (χ0) is 15.1. The molecular weight excluding hydrogens is 290 g/mol. The van der Waals surface area contributed by atoms with Crippen molar-refractivity contribution in [3.05, 3.63) is 28.8 Å². The van der Waals surface area contributed by atoms with Crippen LogP contribution in [0.25, 0.3) is 0 Å². The third-order valence-electron chi connectivity index (χ3n) is 3.63. The molecule has 2 rings (SSSR count). The summed E-state index contributed by atoms with van der Waals surface area (Å²) in [6, 6.07) is 5.91. The second-order valence-corrected chi connectivity index (χ2v) is 5.64. The van der Waals surface area contributed by atoms with E-state index >= 15 is 0 Å². The van der Waals surface area contributed by atoms with E-state index in [1.165, 1.54) is 0 Å². The van der Waals surface area contributed by atoms with Crippen molar-refractivity contribution >= 4 is 11.6 Å². The van der Waals surface area contributed by atoms with Gasteiger partial charge in [0, 0.05) is 11.1 Å². The van der Waals surface area contributed by atoms with Crippen molar-refractivity contribution in [1.29, 1.82) is 0 Å². The highest BCUT2D eigenvalue weighted by atomic mass is 35.5. The van der Waals surface area contributed by atoms with E-state index in [-0.39, 0.29) is 12.1 Å². The first kappa shape index (κ1) is 16.6. The predicted molar refractivity (Wildman–Crippen MR) is 84.3 cm³/mol. The molecule has 118 valence electrons. The van der Waals surface area contributed by atoms with Gasteiger partial charge in [-0.3, -0.25) is 0 Å². The van der Waals surface area contributed by atoms with Gasteiger partial charge in [0.2, 0.25) is 0 Å². The number of rotatable bonds is 7. The summed E-state index contributed by atoms with van der Waals surface area (Å²) in [6.07, 6.45) is 1.95. The minimum absolute atomic E-state index is 0.0639. The van der Waals surface area contributed by atoms with Crippen molar-refractivity contribution < 1.29 is 14.2 Å². The Hall–Kier alpha value is -0.810. The van der Waals surface area contributed by atoms with Gasteiger partial charge in [0.25, 0.3) is 0 Å². The summed E-state index contributed by atoms with van der Waals surface area (Å²) in [7, 11) is 1.68. The van der Waals surface area contributed by atoms with Gasteiger partial charge in [0.1, 0.15) is 5.75 Å². The number of methoxy groups -OCH3 is 1. The van der Waals surface area contributed by atoms with Gasteiger partial charge >= 0.3 is 0 Å². The van der Waals surface area contributed by atoms with Crippen LogP contribution in [0.3, 0.4) is 0 Å². The average molecular weight is 314 g/mol. The van der Waals surface area contributed by atoms with Crippen molar-refractivity contribution in [2.24, 2.45) is 0 Å². The van der Waals surface area contributed by atoms with Gasteiger partial charge in [-0.15, -0.1) is 0 Å². The third kappa shape index (κ3) is 4.85. The molecule has 0 aromatic heterocycles. The first-order chi connectivity index (χ1) is 10.2. The van der Waals surface area contributed by atoms with Crippen LogP contribution in [0.2, 0.25) is 5.02 Å². The van der Waals surface area contributed by atoms with Gasteiger partial charge in [0.15, 0.2) is 0 Å². The summed E-state index contributed by atoms with van der Waals surface area (Å²) in [4.78, 5) is 0. The number of nitrogens with one attached hydrogen (secondary N) is 1. The summed E-state index contributed by atoms with van der Waals surface area (Å²) in [5.74, 6) is 0.861. The van der Waals surface area contributed by atoms with Crippen molar-refractivity contribution in [3.8, 4) is 5.75 Å². The second kappa shape index (κ2) is 8.59. The fourth-order valence-electron chi connectivity index (χ4n) is 2.55. The first-order valence-corrected chi connectivity index (χ1v) is 7.87. The fraction of sp³-hybridized carbons (Fsp3) is 0.625. The van der Waals surface area contributed by atoms with Gasteiger partial charge in [-0.05, 0) is 43.1 Å². The molecule has 0 saturated carbocycles. The molecule has 5 heteroatoms. The number of ether oxygens (including phenoxy) is 3. The summed E-state index contributed by atoms with van der Waals surface area (Å²) < 4.78 is 16.8. The van der Waals surface area contributed by atoms with Crippen LogP contribution in [0.5, 0.6) is 5.75 Å². The van der Waals surface area contributed by atoms with Crippen LogP contribution in [-0.2, 0) is 15.9 Å². The van der Waals surface area contributed by atoms with E-state index in [1.54, 1.807) is 7.11 Å². The molecule has 1 aliphatic rings. The highest BCUT2D eigenvalue weighted by Crippen LogP contribution is 2.25. The molecule has 1 aliphatic heterocycles. The Morgan fingerprint density at radius 2 is 2.29 bits per heavy atom. The average Bonchev–Trinajstić information content (AvgIpc) is 2.52. The highest BCUT2D eigenvalue weighted by Gasteiger charge is 2.26. The van der Waals surface area contributed by atoms with E-state index in [2.05, 4.69) is 12.2 Å². The Labute approximate surface area is 131 Å². The molecule has 1 heterocycles. The largest absolute Gasteiger partial charge is 0.496 e. The lowest BCUT2D eigenvalue weighted by atomic mass is 10.00. The van der Waals surface area contributed by atoms with Crippen molar-refractivity contribution in [2.45, 2.75) is 31.9 Å².